The van der Waals surface area contributed by atoms with Gasteiger partial charge in [0, 0.05) is 29.3 Å². The van der Waals surface area contributed by atoms with E-state index in [1.807, 2.05) is 0 Å². The van der Waals surface area contributed by atoms with Crippen molar-refractivity contribution in [3.63, 3.8) is 0 Å². The van der Waals surface area contributed by atoms with Crippen LogP contribution in [-0.2, 0) is 10.0 Å². The molecule has 2 aromatic heterocycles. The number of benzene rings is 2. The second-order valence-electron chi connectivity index (χ2n) is 7.39. The summed E-state index contributed by atoms with van der Waals surface area (Å²) in [5.74, 6) is -0.613. The summed E-state index contributed by atoms with van der Waals surface area (Å²) in [6, 6.07) is 15.9. The van der Waals surface area contributed by atoms with Crippen LogP contribution in [0.2, 0.25) is 0 Å². The van der Waals surface area contributed by atoms with Crippen LogP contribution in [0, 0.1) is 6.92 Å². The van der Waals surface area contributed by atoms with Crippen LogP contribution in [0.3, 0.4) is 0 Å². The Labute approximate surface area is 211 Å². The average Bonchev–Trinajstić information content (AvgIpc) is 3.29. The van der Waals surface area contributed by atoms with E-state index in [1.165, 1.54) is 18.3 Å². The van der Waals surface area contributed by atoms with Crippen molar-refractivity contribution < 1.29 is 18.0 Å². The number of nitrogens with one attached hydrogen (secondary N) is 4. The Bertz CT molecular complexity index is 1460. The molecule has 0 aliphatic carbocycles. The van der Waals surface area contributed by atoms with Gasteiger partial charge in [-0.2, -0.15) is 0 Å². The number of nitrogens with zero attached hydrogens (tertiary/aromatic N) is 3. The number of aromatic nitrogens is 3. The number of rotatable bonds is 9. The molecule has 0 bridgehead atoms. The van der Waals surface area contributed by atoms with Gasteiger partial charge in [0.2, 0.25) is 5.13 Å². The number of hydrogen-bond acceptors (Lipinski definition) is 9. The van der Waals surface area contributed by atoms with Gasteiger partial charge in [0.1, 0.15) is 5.01 Å². The average molecular weight is 524 g/mol. The van der Waals surface area contributed by atoms with Gasteiger partial charge in [-0.15, -0.1) is 10.2 Å². The fraction of sp³-hybridized carbons (Fsp3) is 0.0870. The van der Waals surface area contributed by atoms with Crippen LogP contribution in [0.25, 0.3) is 0 Å². The predicted molar refractivity (Wildman–Crippen MR) is 136 cm³/mol. The van der Waals surface area contributed by atoms with E-state index in [0.29, 0.717) is 27.5 Å². The molecule has 11 nitrogen and oxygen atoms in total. The van der Waals surface area contributed by atoms with E-state index < -0.39 is 10.0 Å². The van der Waals surface area contributed by atoms with E-state index >= 15 is 0 Å². The van der Waals surface area contributed by atoms with Crippen molar-refractivity contribution in [1.29, 1.82) is 0 Å². The molecule has 2 heterocycles. The van der Waals surface area contributed by atoms with E-state index in [2.05, 4.69) is 35.9 Å². The molecule has 4 N–H and O–H groups in total. The van der Waals surface area contributed by atoms with Crippen LogP contribution < -0.4 is 20.7 Å². The molecule has 13 heteroatoms. The molecule has 36 heavy (non-hydrogen) atoms. The highest BCUT2D eigenvalue weighted by atomic mass is 32.2. The van der Waals surface area contributed by atoms with Crippen LogP contribution >= 0.6 is 11.3 Å². The fourth-order valence-corrected chi connectivity index (χ4v) is 4.82. The van der Waals surface area contributed by atoms with Gasteiger partial charge in [-0.25, -0.2) is 8.42 Å². The smallest absolute Gasteiger partial charge is 0.263 e. The minimum atomic E-state index is -3.78. The van der Waals surface area contributed by atoms with Gasteiger partial charge in [-0.1, -0.05) is 11.3 Å². The Morgan fingerprint density at radius 2 is 1.61 bits per heavy atom. The van der Waals surface area contributed by atoms with E-state index in [0.717, 1.165) is 11.3 Å². The summed E-state index contributed by atoms with van der Waals surface area (Å²) >= 11 is 1.14. The van der Waals surface area contributed by atoms with Crippen LogP contribution in [-0.4, -0.2) is 42.1 Å². The maximum atomic E-state index is 12.5. The first-order chi connectivity index (χ1) is 17.3. The Morgan fingerprint density at radius 3 is 2.25 bits per heavy atom. The second kappa shape index (κ2) is 10.9. The maximum absolute atomic E-state index is 12.5. The topological polar surface area (TPSA) is 155 Å². The summed E-state index contributed by atoms with van der Waals surface area (Å²) in [6.45, 7) is 1.85. The molecule has 4 aromatic rings. The molecule has 0 aliphatic heterocycles. The number of hydrogen-bond donors (Lipinski definition) is 4. The molecule has 0 saturated heterocycles. The fourth-order valence-electron chi connectivity index (χ4n) is 3.00. The van der Waals surface area contributed by atoms with Gasteiger partial charge in [0.25, 0.3) is 21.8 Å². The maximum Gasteiger partial charge on any atom is 0.263 e. The molecule has 0 unspecified atom stereocenters. The van der Waals surface area contributed by atoms with Crippen molar-refractivity contribution in [3.8, 4) is 0 Å². The summed E-state index contributed by atoms with van der Waals surface area (Å²) in [4.78, 5) is 28.6. The lowest BCUT2D eigenvalue weighted by molar-refractivity contribution is 0.0955. The van der Waals surface area contributed by atoms with Crippen LogP contribution in [0.5, 0.6) is 0 Å². The first-order valence-electron chi connectivity index (χ1n) is 10.6. The Kier molecular flexibility index (Phi) is 7.51. The molecule has 4 rings (SSSR count). The minimum Gasteiger partial charge on any atom is -0.368 e. The molecular weight excluding hydrogens is 502 g/mol. The lowest BCUT2D eigenvalue weighted by Gasteiger charge is -2.10. The third kappa shape index (κ3) is 6.40. The van der Waals surface area contributed by atoms with E-state index in [4.69, 9.17) is 0 Å². The summed E-state index contributed by atoms with van der Waals surface area (Å²) < 4.78 is 27.3. The quantitative estimate of drug-likeness (QED) is 0.244. The third-order valence-corrected chi connectivity index (χ3v) is 7.02. The minimum absolute atomic E-state index is 0.0700. The summed E-state index contributed by atoms with van der Waals surface area (Å²) in [5, 5.41) is 16.9. The molecular formula is C23H21N7O4S2. The van der Waals surface area contributed by atoms with Gasteiger partial charge in [-0.3, -0.25) is 19.3 Å². The number of amides is 2. The second-order valence-corrected chi connectivity index (χ2v) is 10.3. The van der Waals surface area contributed by atoms with Crippen molar-refractivity contribution in [2.24, 2.45) is 0 Å². The molecule has 0 aliphatic rings. The van der Waals surface area contributed by atoms with Crippen molar-refractivity contribution in [2.75, 3.05) is 22.0 Å². The van der Waals surface area contributed by atoms with Gasteiger partial charge < -0.3 is 16.0 Å². The number of sulfonamides is 1. The zero-order valence-electron chi connectivity index (χ0n) is 18.9. The number of aryl methyl sites for hydroxylation is 1. The largest absolute Gasteiger partial charge is 0.368 e. The standard InChI is InChI=1S/C23H21N7O4S2/c1-15-28-29-23(35-15)30-36(33,34)20-10-8-18(9-11-20)25-14-26-21(31)16-4-6-19(7-5-16)27-22(32)17-3-2-12-24-13-17/h2-13,25H,14H2,1H3,(H,26,31)(H,27,32)(H,29,30). The summed E-state index contributed by atoms with van der Waals surface area (Å²) in [5.41, 5.74) is 2.01. The summed E-state index contributed by atoms with van der Waals surface area (Å²) in [7, 11) is -3.78. The Morgan fingerprint density at radius 1 is 0.889 bits per heavy atom. The zero-order valence-corrected chi connectivity index (χ0v) is 20.6. The Hall–Kier alpha value is -4.36. The van der Waals surface area contributed by atoms with Crippen molar-refractivity contribution in [1.82, 2.24) is 20.5 Å². The molecule has 0 saturated carbocycles. The lowest BCUT2D eigenvalue weighted by atomic mass is 10.2. The highest BCUT2D eigenvalue weighted by Gasteiger charge is 2.16. The van der Waals surface area contributed by atoms with E-state index in [1.54, 1.807) is 61.7 Å². The molecule has 0 atom stereocenters. The highest BCUT2D eigenvalue weighted by Crippen LogP contribution is 2.20. The van der Waals surface area contributed by atoms with Crippen LogP contribution in [0.4, 0.5) is 16.5 Å². The first kappa shape index (κ1) is 24.8. The van der Waals surface area contributed by atoms with Crippen molar-refractivity contribution >= 4 is 49.7 Å². The predicted octanol–water partition coefficient (Wildman–Crippen LogP) is 3.09. The third-order valence-electron chi connectivity index (χ3n) is 4.78. The van der Waals surface area contributed by atoms with Crippen LogP contribution in [0.15, 0.2) is 78.0 Å². The molecule has 2 aromatic carbocycles. The number of anilines is 3. The zero-order chi connectivity index (χ0) is 25.5. The van der Waals surface area contributed by atoms with Crippen molar-refractivity contribution in [2.45, 2.75) is 11.8 Å². The SMILES string of the molecule is Cc1nnc(NS(=O)(=O)c2ccc(NCNC(=O)c3ccc(NC(=O)c4cccnc4)cc3)cc2)s1. The van der Waals surface area contributed by atoms with E-state index in [9.17, 15) is 18.0 Å². The number of carbonyl (C=O) groups excluding carboxylic acids is 2. The van der Waals surface area contributed by atoms with Gasteiger partial charge >= 0.3 is 0 Å². The number of carbonyl (C=O) groups is 2. The molecule has 2 amide bonds. The number of pyridine rings is 1. The first-order valence-corrected chi connectivity index (χ1v) is 12.9. The summed E-state index contributed by atoms with van der Waals surface area (Å²) in [6.07, 6.45) is 3.05. The lowest BCUT2D eigenvalue weighted by Crippen LogP contribution is -2.28. The van der Waals surface area contributed by atoms with Crippen molar-refractivity contribution in [3.05, 3.63) is 89.2 Å². The van der Waals surface area contributed by atoms with Gasteiger partial charge in [0.05, 0.1) is 17.1 Å². The van der Waals surface area contributed by atoms with Crippen LogP contribution in [0.1, 0.15) is 25.7 Å². The highest BCUT2D eigenvalue weighted by molar-refractivity contribution is 7.93. The monoisotopic (exact) mass is 523 g/mol. The van der Waals surface area contributed by atoms with E-state index in [-0.39, 0.29) is 28.5 Å². The van der Waals surface area contributed by atoms with Gasteiger partial charge in [-0.05, 0) is 67.6 Å². The molecule has 0 fully saturated rings. The molecule has 0 radical (unpaired) electrons. The Balaban J connectivity index is 1.26. The van der Waals surface area contributed by atoms with Gasteiger partial charge in [0.15, 0.2) is 0 Å². The normalized spacial score (nSPS) is 10.9. The molecule has 0 spiro atoms. The molecule has 184 valence electrons.